The fourth-order valence-corrected chi connectivity index (χ4v) is 4.76. The molecule has 0 saturated carbocycles. The molecule has 2 N–H and O–H groups in total. The molecule has 7 nitrogen and oxygen atoms in total. The fraction of sp³-hybridized carbons (Fsp3) is 0.333. The molecule has 1 aliphatic heterocycles. The predicted molar refractivity (Wildman–Crippen MR) is 108 cm³/mol. The third-order valence-electron chi connectivity index (χ3n) is 4.87. The Kier molecular flexibility index (Phi) is 6.66. The zero-order chi connectivity index (χ0) is 20.9. The molecular weight excluding hydrogens is 392 g/mol. The summed E-state index contributed by atoms with van der Waals surface area (Å²) < 4.78 is 32.4. The normalized spacial score (nSPS) is 15.4. The first-order valence-corrected chi connectivity index (χ1v) is 11.0. The Balaban J connectivity index is 1.65. The van der Waals surface area contributed by atoms with Crippen molar-refractivity contribution in [3.8, 4) is 0 Å². The van der Waals surface area contributed by atoms with Gasteiger partial charge in [0.1, 0.15) is 6.61 Å². The molecule has 154 valence electrons. The highest BCUT2D eigenvalue weighted by atomic mass is 32.2. The highest BCUT2D eigenvalue weighted by Crippen LogP contribution is 2.21. The van der Waals surface area contributed by atoms with Gasteiger partial charge in [0.25, 0.3) is 0 Å². The van der Waals surface area contributed by atoms with Gasteiger partial charge in [-0.2, -0.15) is 4.31 Å². The van der Waals surface area contributed by atoms with E-state index < -0.39 is 21.9 Å². The molecule has 29 heavy (non-hydrogen) atoms. The van der Waals surface area contributed by atoms with E-state index in [9.17, 15) is 18.0 Å². The predicted octanol–water partition coefficient (Wildman–Crippen LogP) is 2.71. The Hall–Kier alpha value is -2.71. The smallest absolute Gasteiger partial charge is 0.338 e. The van der Waals surface area contributed by atoms with Crippen molar-refractivity contribution in [1.29, 1.82) is 0 Å². The molecule has 0 aromatic heterocycles. The lowest BCUT2D eigenvalue weighted by Gasteiger charge is -2.20. The number of carbonyl (C=O) groups excluding carboxylic acids is 2. The summed E-state index contributed by atoms with van der Waals surface area (Å²) in [6.45, 7) is 1.03. The number of nitrogens with two attached hydrogens (primary N) is 1. The lowest BCUT2D eigenvalue weighted by Crippen LogP contribution is -2.31. The largest absolute Gasteiger partial charge is 0.457 e. The zero-order valence-corrected chi connectivity index (χ0v) is 16.9. The van der Waals surface area contributed by atoms with Crippen molar-refractivity contribution in [2.24, 2.45) is 5.73 Å². The summed E-state index contributed by atoms with van der Waals surface area (Å²) in [4.78, 5) is 23.7. The number of esters is 1. The van der Waals surface area contributed by atoms with Gasteiger partial charge in [0.15, 0.2) is 0 Å². The molecule has 1 aliphatic rings. The SMILES string of the molecule is NC(=O)c1cccc(COC(=O)c2ccc(S(=O)(=O)N3CCCCCC3)cc2)c1. The average Bonchev–Trinajstić information content (AvgIpc) is 3.02. The van der Waals surface area contributed by atoms with Crippen LogP contribution in [-0.4, -0.2) is 37.7 Å². The van der Waals surface area contributed by atoms with Gasteiger partial charge in [0.2, 0.25) is 15.9 Å². The lowest BCUT2D eigenvalue weighted by atomic mass is 10.1. The van der Waals surface area contributed by atoms with E-state index in [4.69, 9.17) is 10.5 Å². The number of carbonyl (C=O) groups is 2. The van der Waals surface area contributed by atoms with Gasteiger partial charge in [-0.3, -0.25) is 4.79 Å². The summed E-state index contributed by atoms with van der Waals surface area (Å²) in [5.74, 6) is -1.13. The lowest BCUT2D eigenvalue weighted by molar-refractivity contribution is 0.0472. The number of hydrogen-bond donors (Lipinski definition) is 1. The third kappa shape index (κ3) is 5.21. The second-order valence-corrected chi connectivity index (χ2v) is 8.92. The van der Waals surface area contributed by atoms with Crippen molar-refractivity contribution in [3.05, 3.63) is 65.2 Å². The van der Waals surface area contributed by atoms with Crippen LogP contribution in [0.1, 0.15) is 52.0 Å². The van der Waals surface area contributed by atoms with Crippen molar-refractivity contribution in [3.63, 3.8) is 0 Å². The summed E-state index contributed by atoms with van der Waals surface area (Å²) in [7, 11) is -3.56. The molecule has 3 rings (SSSR count). The minimum atomic E-state index is -3.56. The number of ether oxygens (including phenoxy) is 1. The third-order valence-corrected chi connectivity index (χ3v) is 6.79. The molecule has 1 heterocycles. The van der Waals surface area contributed by atoms with Gasteiger partial charge in [0.05, 0.1) is 10.5 Å². The molecule has 0 aliphatic carbocycles. The fourth-order valence-electron chi connectivity index (χ4n) is 3.24. The van der Waals surface area contributed by atoms with Crippen LogP contribution in [0.4, 0.5) is 0 Å². The van der Waals surface area contributed by atoms with Crippen molar-refractivity contribution in [2.75, 3.05) is 13.1 Å². The van der Waals surface area contributed by atoms with Gasteiger partial charge >= 0.3 is 5.97 Å². The molecule has 2 aromatic rings. The van der Waals surface area contributed by atoms with Crippen LogP contribution in [-0.2, 0) is 21.4 Å². The Morgan fingerprint density at radius 1 is 0.931 bits per heavy atom. The maximum absolute atomic E-state index is 12.8. The Bertz CT molecular complexity index is 978. The molecule has 0 unspecified atom stereocenters. The number of primary amides is 1. The molecule has 1 fully saturated rings. The van der Waals surface area contributed by atoms with Crippen LogP contribution >= 0.6 is 0 Å². The molecule has 0 spiro atoms. The number of amides is 1. The van der Waals surface area contributed by atoms with E-state index in [2.05, 4.69) is 0 Å². The second kappa shape index (κ2) is 9.19. The second-order valence-electron chi connectivity index (χ2n) is 6.98. The van der Waals surface area contributed by atoms with Crippen LogP contribution in [0.25, 0.3) is 0 Å². The number of sulfonamides is 1. The van der Waals surface area contributed by atoms with E-state index in [-0.39, 0.29) is 17.1 Å². The topological polar surface area (TPSA) is 107 Å². The first kappa shape index (κ1) is 21.0. The molecule has 0 bridgehead atoms. The zero-order valence-electron chi connectivity index (χ0n) is 16.0. The van der Waals surface area contributed by atoms with E-state index in [1.54, 1.807) is 24.3 Å². The molecule has 2 aromatic carbocycles. The van der Waals surface area contributed by atoms with Gasteiger partial charge in [-0.1, -0.05) is 25.0 Å². The van der Waals surface area contributed by atoms with Crippen molar-refractivity contribution >= 4 is 21.9 Å². The highest BCUT2D eigenvalue weighted by Gasteiger charge is 2.25. The van der Waals surface area contributed by atoms with Gasteiger partial charge in [-0.25, -0.2) is 13.2 Å². The van der Waals surface area contributed by atoms with Gasteiger partial charge in [0, 0.05) is 18.7 Å². The quantitative estimate of drug-likeness (QED) is 0.729. The van der Waals surface area contributed by atoms with Crippen LogP contribution < -0.4 is 5.73 Å². The molecular formula is C21H24N2O5S. The van der Waals surface area contributed by atoms with E-state index in [1.807, 2.05) is 0 Å². The van der Waals surface area contributed by atoms with Crippen LogP contribution in [0.2, 0.25) is 0 Å². The Labute approximate surface area is 170 Å². The maximum Gasteiger partial charge on any atom is 0.338 e. The van der Waals surface area contributed by atoms with Gasteiger partial charge < -0.3 is 10.5 Å². The Morgan fingerprint density at radius 2 is 1.59 bits per heavy atom. The van der Waals surface area contributed by atoms with Gasteiger partial charge in [-0.05, 0) is 54.8 Å². The number of hydrogen-bond acceptors (Lipinski definition) is 5. The van der Waals surface area contributed by atoms with Crippen LogP contribution in [0.15, 0.2) is 53.4 Å². The molecule has 0 atom stereocenters. The molecule has 1 saturated heterocycles. The summed E-state index contributed by atoms with van der Waals surface area (Å²) >= 11 is 0. The van der Waals surface area contributed by atoms with E-state index in [0.29, 0.717) is 24.2 Å². The number of benzene rings is 2. The minimum absolute atomic E-state index is 0.0201. The number of rotatable bonds is 6. The van der Waals surface area contributed by atoms with Crippen LogP contribution in [0.5, 0.6) is 0 Å². The van der Waals surface area contributed by atoms with Crippen molar-refractivity contribution in [2.45, 2.75) is 37.2 Å². The van der Waals surface area contributed by atoms with Crippen LogP contribution in [0.3, 0.4) is 0 Å². The summed E-state index contributed by atoms with van der Waals surface area (Å²) in [6, 6.07) is 12.3. The molecule has 8 heteroatoms. The molecule has 0 radical (unpaired) electrons. The summed E-state index contributed by atoms with van der Waals surface area (Å²) in [5.41, 5.74) is 6.47. The summed E-state index contributed by atoms with van der Waals surface area (Å²) in [5, 5.41) is 0. The maximum atomic E-state index is 12.8. The van der Waals surface area contributed by atoms with E-state index in [0.717, 1.165) is 25.7 Å². The monoisotopic (exact) mass is 416 g/mol. The average molecular weight is 416 g/mol. The van der Waals surface area contributed by atoms with E-state index in [1.165, 1.54) is 28.6 Å². The van der Waals surface area contributed by atoms with E-state index >= 15 is 0 Å². The van der Waals surface area contributed by atoms with Crippen molar-refractivity contribution in [1.82, 2.24) is 4.31 Å². The van der Waals surface area contributed by atoms with Crippen LogP contribution in [0, 0.1) is 0 Å². The van der Waals surface area contributed by atoms with Gasteiger partial charge in [-0.15, -0.1) is 0 Å². The van der Waals surface area contributed by atoms with Crippen molar-refractivity contribution < 1.29 is 22.7 Å². The first-order valence-electron chi connectivity index (χ1n) is 9.54. The first-order chi connectivity index (χ1) is 13.9. The summed E-state index contributed by atoms with van der Waals surface area (Å²) in [6.07, 6.45) is 3.81. The Morgan fingerprint density at radius 3 is 2.21 bits per heavy atom. The standard InChI is InChI=1S/C21H24N2O5S/c22-20(24)18-7-5-6-16(14-18)15-28-21(25)17-8-10-19(11-9-17)29(26,27)23-12-3-1-2-4-13-23/h5-11,14H,1-4,12-13,15H2,(H2,22,24). The molecule has 1 amide bonds. The minimum Gasteiger partial charge on any atom is -0.457 e. The highest BCUT2D eigenvalue weighted by molar-refractivity contribution is 7.89. The number of nitrogens with zero attached hydrogens (tertiary/aromatic N) is 1.